The number of hydrogen-bond acceptors (Lipinski definition) is 8. The summed E-state index contributed by atoms with van der Waals surface area (Å²) in [5, 5.41) is 21.2. The van der Waals surface area contributed by atoms with Crippen LogP contribution in [0.1, 0.15) is 53.1 Å². The Balaban J connectivity index is 1.66. The van der Waals surface area contributed by atoms with Crippen molar-refractivity contribution < 1.29 is 28.9 Å². The van der Waals surface area contributed by atoms with Crippen molar-refractivity contribution in [3.8, 4) is 11.4 Å². The van der Waals surface area contributed by atoms with Gasteiger partial charge in [0.15, 0.2) is 5.60 Å². The molecule has 0 amide bonds. The maximum absolute atomic E-state index is 15.0. The van der Waals surface area contributed by atoms with Gasteiger partial charge < -0.3 is 30.0 Å². The second kappa shape index (κ2) is 8.16. The smallest absolute Gasteiger partial charge is 0.343 e. The number of fused-ring (bicyclic) bond motifs is 5. The molecule has 0 fully saturated rings. The number of ether oxygens (including phenoxy) is 2. The molecule has 10 heteroatoms. The van der Waals surface area contributed by atoms with Crippen LogP contribution in [0.25, 0.3) is 22.3 Å². The molecule has 6 rings (SSSR count). The Hall–Kier alpha value is -3.18. The van der Waals surface area contributed by atoms with Gasteiger partial charge in [-0.25, -0.2) is 14.2 Å². The molecule has 0 saturated carbocycles. The number of esters is 1. The quantitative estimate of drug-likeness (QED) is 0.273. The van der Waals surface area contributed by atoms with Crippen molar-refractivity contribution in [2.75, 3.05) is 19.8 Å². The first-order valence-corrected chi connectivity index (χ1v) is 12.4. The fraction of sp³-hybridized carbons (Fsp3) is 0.444. The second-order valence-corrected chi connectivity index (χ2v) is 10.2. The first kappa shape index (κ1) is 24.2. The van der Waals surface area contributed by atoms with Crippen molar-refractivity contribution in [3.05, 3.63) is 61.7 Å². The monoisotopic (exact) mass is 509 g/mol. The number of halogens is 1. The number of aliphatic hydroxyl groups is 2. The topological polar surface area (TPSA) is 137 Å². The first-order valence-electron chi connectivity index (χ1n) is 12.4. The molecule has 2 aliphatic heterocycles. The Labute approximate surface area is 211 Å². The Bertz CT molecular complexity index is 1570. The maximum atomic E-state index is 15.0. The zero-order valence-corrected chi connectivity index (χ0v) is 20.7. The Kier molecular flexibility index (Phi) is 5.33. The van der Waals surface area contributed by atoms with Gasteiger partial charge in [-0.3, -0.25) is 4.79 Å². The zero-order chi connectivity index (χ0) is 26.3. The van der Waals surface area contributed by atoms with E-state index < -0.39 is 17.1 Å². The van der Waals surface area contributed by atoms with E-state index in [4.69, 9.17) is 20.2 Å². The average molecular weight is 510 g/mol. The standard InChI is InChI=1S/C27H28FN3O6/c1-3-27(35)17-8-20-23-15(10-31(20)24(33)16(17)11-37-25(27)34)22-21-14(13(2)18(28)9-19(21)30-23)4-5-26(22,29)12-36-7-6-32/h8-9,32,35H,3-7,10-12,29H2,1-2H3/t26-,27+/m1/s1. The fourth-order valence-corrected chi connectivity index (χ4v) is 6.19. The van der Waals surface area contributed by atoms with E-state index in [0.29, 0.717) is 35.3 Å². The van der Waals surface area contributed by atoms with Crippen LogP contribution in [0.5, 0.6) is 0 Å². The molecule has 3 aromatic rings. The van der Waals surface area contributed by atoms with Crippen molar-refractivity contribution in [2.45, 2.75) is 57.4 Å². The van der Waals surface area contributed by atoms with Crippen LogP contribution in [0.15, 0.2) is 16.9 Å². The van der Waals surface area contributed by atoms with Crippen molar-refractivity contribution in [2.24, 2.45) is 5.73 Å². The lowest BCUT2D eigenvalue weighted by molar-refractivity contribution is -0.172. The van der Waals surface area contributed by atoms with E-state index in [1.165, 1.54) is 6.07 Å². The molecule has 0 spiro atoms. The van der Waals surface area contributed by atoms with Gasteiger partial charge in [0.1, 0.15) is 12.4 Å². The van der Waals surface area contributed by atoms with Crippen LogP contribution in [0.2, 0.25) is 0 Å². The van der Waals surface area contributed by atoms with Crippen LogP contribution in [0.4, 0.5) is 4.39 Å². The second-order valence-electron chi connectivity index (χ2n) is 10.2. The van der Waals surface area contributed by atoms with Crippen molar-refractivity contribution in [1.82, 2.24) is 9.55 Å². The molecule has 0 saturated heterocycles. The highest BCUT2D eigenvalue weighted by molar-refractivity contribution is 5.93. The number of nitrogens with two attached hydrogens (primary N) is 1. The molecule has 2 atom stereocenters. The molecule has 2 aromatic heterocycles. The van der Waals surface area contributed by atoms with Crippen molar-refractivity contribution in [3.63, 3.8) is 0 Å². The Morgan fingerprint density at radius 3 is 2.78 bits per heavy atom. The number of carbonyl (C=O) groups excluding carboxylic acids is 1. The van der Waals surface area contributed by atoms with Crippen molar-refractivity contribution in [1.29, 1.82) is 0 Å². The SMILES string of the molecule is CC[C@@]1(O)C(=O)OCc2c1cc1n(c2=O)Cc2c-1nc1cc(F)c(C)c3c1c2[C@](N)(COCCO)CC3. The zero-order valence-electron chi connectivity index (χ0n) is 20.7. The van der Waals surface area contributed by atoms with Gasteiger partial charge in [-0.2, -0.15) is 0 Å². The largest absolute Gasteiger partial charge is 0.458 e. The predicted octanol–water partition coefficient (Wildman–Crippen LogP) is 1.64. The predicted molar refractivity (Wildman–Crippen MR) is 131 cm³/mol. The number of cyclic esters (lactones) is 1. The third-order valence-electron chi connectivity index (χ3n) is 8.22. The summed E-state index contributed by atoms with van der Waals surface area (Å²) in [6, 6.07) is 3.02. The molecule has 4 heterocycles. The van der Waals surface area contributed by atoms with E-state index in [2.05, 4.69) is 0 Å². The van der Waals surface area contributed by atoms with Crippen molar-refractivity contribution >= 4 is 16.9 Å². The van der Waals surface area contributed by atoms with Crippen LogP contribution in [0.3, 0.4) is 0 Å². The van der Waals surface area contributed by atoms with Gasteiger partial charge in [-0.1, -0.05) is 6.92 Å². The minimum absolute atomic E-state index is 0.0347. The van der Waals surface area contributed by atoms with E-state index in [0.717, 1.165) is 22.1 Å². The van der Waals surface area contributed by atoms with Crippen LogP contribution in [0, 0.1) is 12.7 Å². The lowest BCUT2D eigenvalue weighted by Crippen LogP contribution is -2.45. The number of aliphatic hydroxyl groups excluding tert-OH is 1. The minimum Gasteiger partial charge on any atom is -0.458 e. The summed E-state index contributed by atoms with van der Waals surface area (Å²) in [5.74, 6) is -1.17. The van der Waals surface area contributed by atoms with Gasteiger partial charge in [0.25, 0.3) is 5.56 Å². The highest BCUT2D eigenvalue weighted by Crippen LogP contribution is 2.47. The summed E-state index contributed by atoms with van der Waals surface area (Å²) >= 11 is 0. The molecule has 1 aromatic carbocycles. The molecule has 9 nitrogen and oxygen atoms in total. The number of benzene rings is 1. The van der Waals surface area contributed by atoms with Gasteiger partial charge in [-0.05, 0) is 48.9 Å². The Morgan fingerprint density at radius 1 is 1.27 bits per heavy atom. The van der Waals surface area contributed by atoms with E-state index in [1.807, 2.05) is 0 Å². The van der Waals surface area contributed by atoms with Crippen LogP contribution < -0.4 is 11.3 Å². The minimum atomic E-state index is -1.94. The number of aryl methyl sites for hydroxylation is 1. The molecule has 1 aliphatic carbocycles. The Morgan fingerprint density at radius 2 is 2.05 bits per heavy atom. The van der Waals surface area contributed by atoms with Gasteiger partial charge in [-0.15, -0.1) is 0 Å². The van der Waals surface area contributed by atoms with Gasteiger partial charge in [0.05, 0.1) is 54.4 Å². The molecule has 0 bridgehead atoms. The van der Waals surface area contributed by atoms with E-state index in [1.54, 1.807) is 24.5 Å². The number of nitrogens with zero attached hydrogens (tertiary/aromatic N) is 2. The fourth-order valence-electron chi connectivity index (χ4n) is 6.19. The van der Waals surface area contributed by atoms with E-state index in [-0.39, 0.29) is 61.9 Å². The lowest BCUT2D eigenvalue weighted by Gasteiger charge is -2.37. The van der Waals surface area contributed by atoms with Crippen LogP contribution in [-0.4, -0.2) is 45.6 Å². The molecule has 0 radical (unpaired) electrons. The van der Waals surface area contributed by atoms with E-state index in [9.17, 15) is 24.2 Å². The lowest BCUT2D eigenvalue weighted by atomic mass is 9.74. The number of hydrogen-bond donors (Lipinski definition) is 3. The molecule has 0 unspecified atom stereocenters. The number of aromatic nitrogens is 2. The molecular weight excluding hydrogens is 481 g/mol. The van der Waals surface area contributed by atoms with Crippen LogP contribution in [-0.2, 0) is 45.0 Å². The highest BCUT2D eigenvalue weighted by Gasteiger charge is 2.46. The third kappa shape index (κ3) is 3.19. The van der Waals surface area contributed by atoms with Gasteiger partial charge in [0, 0.05) is 22.6 Å². The summed E-state index contributed by atoms with van der Waals surface area (Å²) in [6.45, 7) is 3.46. The molecule has 3 aliphatic rings. The molecule has 37 heavy (non-hydrogen) atoms. The molecular formula is C27H28FN3O6. The number of pyridine rings is 2. The number of carbonyl (C=O) groups is 1. The number of rotatable bonds is 5. The normalized spacial score (nSPS) is 23.6. The summed E-state index contributed by atoms with van der Waals surface area (Å²) < 4.78 is 27.4. The first-order chi connectivity index (χ1) is 17.6. The molecule has 4 N–H and O–H groups in total. The summed E-state index contributed by atoms with van der Waals surface area (Å²) in [7, 11) is 0. The summed E-state index contributed by atoms with van der Waals surface area (Å²) in [5.41, 5.74) is 8.36. The summed E-state index contributed by atoms with van der Waals surface area (Å²) in [4.78, 5) is 30.9. The average Bonchev–Trinajstić information content (AvgIpc) is 3.24. The van der Waals surface area contributed by atoms with Crippen LogP contribution >= 0.6 is 0 Å². The van der Waals surface area contributed by atoms with Gasteiger partial charge in [0.2, 0.25) is 0 Å². The highest BCUT2D eigenvalue weighted by atomic mass is 19.1. The van der Waals surface area contributed by atoms with E-state index >= 15 is 0 Å². The van der Waals surface area contributed by atoms with Gasteiger partial charge >= 0.3 is 5.97 Å². The summed E-state index contributed by atoms with van der Waals surface area (Å²) in [6.07, 6.45) is 1.06. The molecule has 194 valence electrons. The maximum Gasteiger partial charge on any atom is 0.343 e. The third-order valence-corrected chi connectivity index (χ3v) is 8.22.